The zero-order valence-electron chi connectivity index (χ0n) is 11.5. The van der Waals surface area contributed by atoms with Gasteiger partial charge in [-0.05, 0) is 30.3 Å². The van der Waals surface area contributed by atoms with Crippen LogP contribution in [0, 0.1) is 12.3 Å². The first-order chi connectivity index (χ1) is 10.5. The molecule has 0 radical (unpaired) electrons. The molecule has 7 heteroatoms. The smallest absolute Gasteiger partial charge is 0.255 e. The summed E-state index contributed by atoms with van der Waals surface area (Å²) in [6, 6.07) is 8.96. The van der Waals surface area contributed by atoms with Crippen LogP contribution < -0.4 is 10.0 Å². The highest BCUT2D eigenvalue weighted by Gasteiger charge is 2.15. The molecule has 0 spiro atoms. The average Bonchev–Trinajstić information content (AvgIpc) is 2.54. The number of pyridine rings is 1. The van der Waals surface area contributed by atoms with Gasteiger partial charge >= 0.3 is 0 Å². The summed E-state index contributed by atoms with van der Waals surface area (Å²) >= 11 is 0. The van der Waals surface area contributed by atoms with Gasteiger partial charge in [0, 0.05) is 23.6 Å². The Morgan fingerprint density at radius 2 is 1.95 bits per heavy atom. The van der Waals surface area contributed by atoms with Gasteiger partial charge < -0.3 is 5.32 Å². The van der Waals surface area contributed by atoms with Gasteiger partial charge in [0.25, 0.3) is 5.91 Å². The van der Waals surface area contributed by atoms with Gasteiger partial charge in [0.15, 0.2) is 0 Å². The van der Waals surface area contributed by atoms with E-state index in [1.165, 1.54) is 24.3 Å². The van der Waals surface area contributed by atoms with E-state index < -0.39 is 15.9 Å². The number of nitrogens with zero attached hydrogens (tertiary/aromatic N) is 1. The quantitative estimate of drug-likeness (QED) is 0.813. The summed E-state index contributed by atoms with van der Waals surface area (Å²) in [4.78, 5) is 16.0. The molecule has 0 unspecified atom stereocenters. The number of carbonyl (C=O) groups excluding carboxylic acids is 1. The van der Waals surface area contributed by atoms with Crippen LogP contribution in [0.4, 0.5) is 5.69 Å². The lowest BCUT2D eigenvalue weighted by Gasteiger charge is -2.07. The monoisotopic (exact) mass is 315 g/mol. The molecule has 0 fully saturated rings. The van der Waals surface area contributed by atoms with Crippen LogP contribution in [0.5, 0.6) is 0 Å². The Kier molecular flexibility index (Phi) is 4.88. The van der Waals surface area contributed by atoms with Crippen LogP contribution >= 0.6 is 0 Å². The van der Waals surface area contributed by atoms with Crippen molar-refractivity contribution in [3.05, 3.63) is 54.4 Å². The maximum atomic E-state index is 12.1. The summed E-state index contributed by atoms with van der Waals surface area (Å²) in [5.74, 6) is 1.77. The fourth-order valence-corrected chi connectivity index (χ4v) is 2.64. The van der Waals surface area contributed by atoms with Crippen molar-refractivity contribution < 1.29 is 13.2 Å². The summed E-state index contributed by atoms with van der Waals surface area (Å²) in [5.41, 5.74) is 0.791. The number of hydrogen-bond acceptors (Lipinski definition) is 4. The Morgan fingerprint density at radius 1 is 1.23 bits per heavy atom. The van der Waals surface area contributed by atoms with Crippen LogP contribution in [0.25, 0.3) is 0 Å². The molecular formula is C15H13N3O3S. The van der Waals surface area contributed by atoms with Gasteiger partial charge in [0.2, 0.25) is 10.0 Å². The number of anilines is 1. The lowest BCUT2D eigenvalue weighted by molar-refractivity contribution is 0.102. The van der Waals surface area contributed by atoms with Crippen molar-refractivity contribution in [3.63, 3.8) is 0 Å². The maximum absolute atomic E-state index is 12.1. The molecule has 1 amide bonds. The first-order valence-corrected chi connectivity index (χ1v) is 7.76. The average molecular weight is 315 g/mol. The minimum absolute atomic E-state index is 0.0230. The molecule has 0 aliphatic rings. The van der Waals surface area contributed by atoms with E-state index in [0.717, 1.165) is 0 Å². The predicted molar refractivity (Wildman–Crippen MR) is 82.7 cm³/mol. The fourth-order valence-electron chi connectivity index (χ4n) is 1.66. The van der Waals surface area contributed by atoms with Gasteiger partial charge in [-0.15, -0.1) is 6.42 Å². The van der Waals surface area contributed by atoms with Crippen LogP contribution in [-0.4, -0.2) is 25.9 Å². The van der Waals surface area contributed by atoms with E-state index in [-0.39, 0.29) is 17.0 Å². The van der Waals surface area contributed by atoms with Crippen molar-refractivity contribution in [2.24, 2.45) is 0 Å². The Labute approximate surface area is 128 Å². The van der Waals surface area contributed by atoms with Crippen molar-refractivity contribution >= 4 is 21.6 Å². The molecule has 22 heavy (non-hydrogen) atoms. The van der Waals surface area contributed by atoms with Crippen molar-refractivity contribution in [2.75, 3.05) is 11.9 Å². The van der Waals surface area contributed by atoms with E-state index in [4.69, 9.17) is 6.42 Å². The number of carbonyl (C=O) groups is 1. The lowest BCUT2D eigenvalue weighted by atomic mass is 10.2. The number of aromatic nitrogens is 1. The molecule has 1 aromatic heterocycles. The molecule has 6 nitrogen and oxygen atoms in total. The first kappa shape index (κ1) is 15.7. The molecule has 0 bridgehead atoms. The summed E-state index contributed by atoms with van der Waals surface area (Å²) in [5, 5.41) is 2.65. The van der Waals surface area contributed by atoms with E-state index in [1.807, 2.05) is 0 Å². The molecule has 1 heterocycles. The zero-order chi connectivity index (χ0) is 16.0. The molecule has 0 saturated carbocycles. The van der Waals surface area contributed by atoms with Crippen LogP contribution in [0.3, 0.4) is 0 Å². The third kappa shape index (κ3) is 3.91. The summed E-state index contributed by atoms with van der Waals surface area (Å²) in [6.07, 6.45) is 8.12. The number of hydrogen-bond donors (Lipinski definition) is 2. The summed E-state index contributed by atoms with van der Waals surface area (Å²) in [7, 11) is -3.73. The molecular weight excluding hydrogens is 302 g/mol. The van der Waals surface area contributed by atoms with Gasteiger partial charge in [-0.25, -0.2) is 8.42 Å². The lowest BCUT2D eigenvalue weighted by Crippen LogP contribution is -2.24. The van der Waals surface area contributed by atoms with E-state index in [1.54, 1.807) is 24.5 Å². The van der Waals surface area contributed by atoms with Gasteiger partial charge in [-0.2, -0.15) is 4.72 Å². The second-order valence-electron chi connectivity index (χ2n) is 4.25. The summed E-state index contributed by atoms with van der Waals surface area (Å²) in [6.45, 7) is -0.115. The molecule has 2 N–H and O–H groups in total. The Bertz CT molecular complexity index is 811. The second-order valence-corrected chi connectivity index (χ2v) is 6.01. The number of terminal acetylenes is 1. The van der Waals surface area contributed by atoms with Crippen molar-refractivity contribution in [3.8, 4) is 12.3 Å². The van der Waals surface area contributed by atoms with Crippen LogP contribution in [0.2, 0.25) is 0 Å². The highest BCUT2D eigenvalue weighted by Crippen LogP contribution is 2.13. The second kappa shape index (κ2) is 6.85. The minimum atomic E-state index is -3.73. The van der Waals surface area contributed by atoms with Crippen molar-refractivity contribution in [1.29, 1.82) is 0 Å². The highest BCUT2D eigenvalue weighted by molar-refractivity contribution is 7.89. The van der Waals surface area contributed by atoms with Gasteiger partial charge in [-0.3, -0.25) is 9.78 Å². The van der Waals surface area contributed by atoms with E-state index in [9.17, 15) is 13.2 Å². The predicted octanol–water partition coefficient (Wildman–Crippen LogP) is 1.25. The number of nitrogens with one attached hydrogen (secondary N) is 2. The minimum Gasteiger partial charge on any atom is -0.322 e. The van der Waals surface area contributed by atoms with Crippen LogP contribution in [0.15, 0.2) is 53.7 Å². The van der Waals surface area contributed by atoms with E-state index >= 15 is 0 Å². The number of amides is 1. The van der Waals surface area contributed by atoms with E-state index in [0.29, 0.717) is 5.69 Å². The largest absolute Gasteiger partial charge is 0.322 e. The standard InChI is InChI=1S/C15H13N3O3S/c1-2-8-17-22(20,21)14-5-3-4-12(11-14)15(19)18-13-6-9-16-10-7-13/h1,3-7,9-11,17H,8H2,(H,16,18,19). The first-order valence-electron chi connectivity index (χ1n) is 6.27. The number of benzene rings is 1. The van der Waals surface area contributed by atoms with E-state index in [2.05, 4.69) is 20.9 Å². The van der Waals surface area contributed by atoms with Crippen LogP contribution in [-0.2, 0) is 10.0 Å². The highest BCUT2D eigenvalue weighted by atomic mass is 32.2. The molecule has 2 rings (SSSR count). The molecule has 0 atom stereocenters. The van der Waals surface area contributed by atoms with Gasteiger partial charge in [-0.1, -0.05) is 12.0 Å². The number of rotatable bonds is 5. The van der Waals surface area contributed by atoms with Gasteiger partial charge in [0.1, 0.15) is 0 Å². The molecule has 0 aliphatic carbocycles. The maximum Gasteiger partial charge on any atom is 0.255 e. The summed E-state index contributed by atoms with van der Waals surface area (Å²) < 4.78 is 26.2. The molecule has 1 aromatic carbocycles. The third-order valence-electron chi connectivity index (χ3n) is 2.71. The van der Waals surface area contributed by atoms with Crippen molar-refractivity contribution in [2.45, 2.75) is 4.90 Å². The van der Waals surface area contributed by atoms with Gasteiger partial charge in [0.05, 0.1) is 11.4 Å². The fraction of sp³-hybridized carbons (Fsp3) is 0.0667. The zero-order valence-corrected chi connectivity index (χ0v) is 12.3. The Hall–Kier alpha value is -2.69. The van der Waals surface area contributed by atoms with Crippen molar-refractivity contribution in [1.82, 2.24) is 9.71 Å². The Balaban J connectivity index is 2.21. The SMILES string of the molecule is C#CCNS(=O)(=O)c1cccc(C(=O)Nc2ccncc2)c1. The topological polar surface area (TPSA) is 88.2 Å². The molecule has 112 valence electrons. The molecule has 2 aromatic rings. The molecule has 0 aliphatic heterocycles. The molecule has 0 saturated heterocycles. The Morgan fingerprint density at radius 3 is 2.64 bits per heavy atom. The van der Waals surface area contributed by atoms with Crippen LogP contribution in [0.1, 0.15) is 10.4 Å². The third-order valence-corrected chi connectivity index (χ3v) is 4.11. The number of sulfonamides is 1. The normalized spacial score (nSPS) is 10.7.